The molecule has 1 saturated carbocycles. The molecule has 1 aliphatic heterocycles. The molecule has 0 aromatic carbocycles. The molecular weight excluding hydrogens is 200 g/mol. The van der Waals surface area contributed by atoms with Gasteiger partial charge in [0.2, 0.25) is 5.91 Å². The zero-order chi connectivity index (χ0) is 11.4. The van der Waals surface area contributed by atoms with Crippen molar-refractivity contribution in [3.05, 3.63) is 0 Å². The van der Waals surface area contributed by atoms with Crippen LogP contribution in [0.2, 0.25) is 0 Å². The molecule has 16 heavy (non-hydrogen) atoms. The summed E-state index contributed by atoms with van der Waals surface area (Å²) in [6.07, 6.45) is 7.58. The molecule has 92 valence electrons. The molecule has 1 unspecified atom stereocenters. The van der Waals surface area contributed by atoms with Crippen LogP contribution in [0, 0.1) is 5.92 Å². The topological polar surface area (TPSA) is 32.3 Å². The van der Waals surface area contributed by atoms with Crippen LogP contribution in [0.4, 0.5) is 0 Å². The number of nitrogens with zero attached hydrogens (tertiary/aromatic N) is 1. The van der Waals surface area contributed by atoms with Crippen LogP contribution in [0.15, 0.2) is 0 Å². The van der Waals surface area contributed by atoms with Crippen molar-refractivity contribution >= 4 is 5.91 Å². The van der Waals surface area contributed by atoms with Crippen molar-refractivity contribution < 1.29 is 4.79 Å². The van der Waals surface area contributed by atoms with E-state index in [9.17, 15) is 4.79 Å². The lowest BCUT2D eigenvalue weighted by atomic mass is 9.83. The highest BCUT2D eigenvalue weighted by atomic mass is 16.2. The SMILES string of the molecule is CCNC1CCCN(CCC2CCC2)C1=O. The van der Waals surface area contributed by atoms with E-state index in [1.807, 2.05) is 0 Å². The van der Waals surface area contributed by atoms with Crippen LogP contribution in [-0.2, 0) is 4.79 Å². The zero-order valence-corrected chi connectivity index (χ0v) is 10.4. The van der Waals surface area contributed by atoms with Crippen molar-refractivity contribution in [3.63, 3.8) is 0 Å². The minimum Gasteiger partial charge on any atom is -0.341 e. The Hall–Kier alpha value is -0.570. The van der Waals surface area contributed by atoms with Gasteiger partial charge < -0.3 is 10.2 Å². The summed E-state index contributed by atoms with van der Waals surface area (Å²) in [6, 6.07) is 0.0974. The van der Waals surface area contributed by atoms with E-state index < -0.39 is 0 Å². The molecule has 2 aliphatic rings. The average molecular weight is 224 g/mol. The van der Waals surface area contributed by atoms with E-state index in [4.69, 9.17) is 0 Å². The number of hydrogen-bond acceptors (Lipinski definition) is 2. The fourth-order valence-electron chi connectivity index (χ4n) is 2.72. The first kappa shape index (κ1) is 11.9. The van der Waals surface area contributed by atoms with E-state index in [0.29, 0.717) is 5.91 Å². The molecule has 3 nitrogen and oxygen atoms in total. The van der Waals surface area contributed by atoms with Crippen molar-refractivity contribution in [1.82, 2.24) is 10.2 Å². The molecule has 0 aromatic rings. The monoisotopic (exact) mass is 224 g/mol. The number of likely N-dealkylation sites (N-methyl/N-ethyl adjacent to an activating group) is 1. The number of carbonyl (C=O) groups is 1. The van der Waals surface area contributed by atoms with Gasteiger partial charge in [0.1, 0.15) is 0 Å². The lowest BCUT2D eigenvalue weighted by molar-refractivity contribution is -0.136. The summed E-state index contributed by atoms with van der Waals surface area (Å²) in [4.78, 5) is 14.2. The summed E-state index contributed by atoms with van der Waals surface area (Å²) < 4.78 is 0. The molecule has 2 fully saturated rings. The predicted octanol–water partition coefficient (Wildman–Crippen LogP) is 1.78. The highest BCUT2D eigenvalue weighted by Crippen LogP contribution is 2.29. The molecule has 0 radical (unpaired) electrons. The average Bonchev–Trinajstić information content (AvgIpc) is 2.21. The molecule has 1 N–H and O–H groups in total. The van der Waals surface area contributed by atoms with Crippen molar-refractivity contribution in [2.24, 2.45) is 5.92 Å². The van der Waals surface area contributed by atoms with Crippen LogP contribution in [0.1, 0.15) is 45.4 Å². The molecule has 0 aromatic heterocycles. The smallest absolute Gasteiger partial charge is 0.239 e. The first-order valence-electron chi connectivity index (χ1n) is 6.83. The number of piperidine rings is 1. The van der Waals surface area contributed by atoms with Crippen molar-refractivity contribution in [3.8, 4) is 0 Å². The van der Waals surface area contributed by atoms with Gasteiger partial charge in [-0.25, -0.2) is 0 Å². The van der Waals surface area contributed by atoms with Gasteiger partial charge in [0.25, 0.3) is 0 Å². The van der Waals surface area contributed by atoms with E-state index >= 15 is 0 Å². The first-order chi connectivity index (χ1) is 7.81. The van der Waals surface area contributed by atoms with Gasteiger partial charge in [-0.1, -0.05) is 26.2 Å². The summed E-state index contributed by atoms with van der Waals surface area (Å²) in [7, 11) is 0. The number of carbonyl (C=O) groups excluding carboxylic acids is 1. The Kier molecular flexibility index (Phi) is 4.22. The summed E-state index contributed by atoms with van der Waals surface area (Å²) in [5.74, 6) is 1.25. The van der Waals surface area contributed by atoms with Crippen molar-refractivity contribution in [2.75, 3.05) is 19.6 Å². The van der Waals surface area contributed by atoms with E-state index in [0.717, 1.165) is 38.4 Å². The number of nitrogens with one attached hydrogen (secondary N) is 1. The highest BCUT2D eigenvalue weighted by molar-refractivity contribution is 5.82. The lowest BCUT2D eigenvalue weighted by Gasteiger charge is -2.35. The van der Waals surface area contributed by atoms with Gasteiger partial charge >= 0.3 is 0 Å². The Balaban J connectivity index is 1.76. The summed E-state index contributed by atoms with van der Waals surface area (Å²) >= 11 is 0. The maximum Gasteiger partial charge on any atom is 0.239 e. The van der Waals surface area contributed by atoms with Crippen molar-refractivity contribution in [1.29, 1.82) is 0 Å². The first-order valence-corrected chi connectivity index (χ1v) is 6.83. The van der Waals surface area contributed by atoms with E-state index in [1.165, 1.54) is 25.7 Å². The number of rotatable bonds is 5. The van der Waals surface area contributed by atoms with Gasteiger partial charge in [0.05, 0.1) is 6.04 Å². The van der Waals surface area contributed by atoms with Crippen LogP contribution >= 0.6 is 0 Å². The van der Waals surface area contributed by atoms with Gasteiger partial charge in [-0.2, -0.15) is 0 Å². The molecule has 1 aliphatic carbocycles. The van der Waals surface area contributed by atoms with Crippen LogP contribution in [-0.4, -0.2) is 36.5 Å². The highest BCUT2D eigenvalue weighted by Gasteiger charge is 2.28. The Morgan fingerprint density at radius 2 is 2.12 bits per heavy atom. The number of amides is 1. The van der Waals surface area contributed by atoms with E-state index in [2.05, 4.69) is 17.1 Å². The Morgan fingerprint density at radius 3 is 2.75 bits per heavy atom. The fourth-order valence-corrected chi connectivity index (χ4v) is 2.72. The van der Waals surface area contributed by atoms with Gasteiger partial charge in [0.15, 0.2) is 0 Å². The standard InChI is InChI=1S/C13H24N2O/c1-2-14-12-7-4-9-15(13(12)16)10-8-11-5-3-6-11/h11-12,14H,2-10H2,1H3. The van der Waals surface area contributed by atoms with Crippen molar-refractivity contribution in [2.45, 2.75) is 51.5 Å². The van der Waals surface area contributed by atoms with E-state index in [1.54, 1.807) is 0 Å². The quantitative estimate of drug-likeness (QED) is 0.772. The normalized spacial score (nSPS) is 26.9. The zero-order valence-electron chi connectivity index (χ0n) is 10.4. The number of likely N-dealkylation sites (tertiary alicyclic amines) is 1. The second-order valence-electron chi connectivity index (χ2n) is 5.16. The molecular formula is C13H24N2O. The molecule has 3 heteroatoms. The minimum atomic E-state index is 0.0974. The Labute approximate surface area is 98.6 Å². The van der Waals surface area contributed by atoms with Gasteiger partial charge in [-0.05, 0) is 31.7 Å². The van der Waals surface area contributed by atoms with Crippen LogP contribution < -0.4 is 5.32 Å². The number of hydrogen-bond donors (Lipinski definition) is 1. The van der Waals surface area contributed by atoms with E-state index in [-0.39, 0.29) is 6.04 Å². The third-order valence-electron chi connectivity index (χ3n) is 4.01. The molecule has 1 saturated heterocycles. The van der Waals surface area contributed by atoms with Gasteiger partial charge in [0, 0.05) is 13.1 Å². The van der Waals surface area contributed by atoms with Gasteiger partial charge in [-0.3, -0.25) is 4.79 Å². The third-order valence-corrected chi connectivity index (χ3v) is 4.01. The summed E-state index contributed by atoms with van der Waals surface area (Å²) in [5, 5.41) is 3.29. The third kappa shape index (κ3) is 2.76. The van der Waals surface area contributed by atoms with Crippen LogP contribution in [0.5, 0.6) is 0 Å². The summed E-state index contributed by atoms with van der Waals surface area (Å²) in [6.45, 7) is 4.94. The summed E-state index contributed by atoms with van der Waals surface area (Å²) in [5.41, 5.74) is 0. The molecule has 0 spiro atoms. The van der Waals surface area contributed by atoms with Crippen LogP contribution in [0.3, 0.4) is 0 Å². The second kappa shape index (κ2) is 5.67. The predicted molar refractivity (Wildman–Crippen MR) is 65.2 cm³/mol. The van der Waals surface area contributed by atoms with Gasteiger partial charge in [-0.15, -0.1) is 0 Å². The fraction of sp³-hybridized carbons (Fsp3) is 0.923. The molecule has 1 heterocycles. The Morgan fingerprint density at radius 1 is 1.31 bits per heavy atom. The largest absolute Gasteiger partial charge is 0.341 e. The molecule has 1 atom stereocenters. The van der Waals surface area contributed by atoms with Crippen LogP contribution in [0.25, 0.3) is 0 Å². The minimum absolute atomic E-state index is 0.0974. The molecule has 0 bridgehead atoms. The lowest BCUT2D eigenvalue weighted by Crippen LogP contribution is -2.51. The molecule has 1 amide bonds. The molecule has 2 rings (SSSR count). The maximum atomic E-state index is 12.1. The second-order valence-corrected chi connectivity index (χ2v) is 5.16. The Bertz CT molecular complexity index is 236. The maximum absolute atomic E-state index is 12.1.